The number of amides is 2. The Bertz CT molecular complexity index is 674. The second kappa shape index (κ2) is 6.89. The third kappa shape index (κ3) is 3.72. The van der Waals surface area contributed by atoms with Crippen molar-refractivity contribution in [2.45, 2.75) is 27.2 Å². The lowest BCUT2D eigenvalue weighted by molar-refractivity contribution is 0.0942. The molecule has 0 aliphatic heterocycles. The molecular formula is C16H20N4O2. The molecule has 116 valence electrons. The monoisotopic (exact) mass is 300 g/mol. The van der Waals surface area contributed by atoms with E-state index in [4.69, 9.17) is 0 Å². The molecule has 2 amide bonds. The zero-order valence-electron chi connectivity index (χ0n) is 13.0. The summed E-state index contributed by atoms with van der Waals surface area (Å²) in [4.78, 5) is 23.9. The van der Waals surface area contributed by atoms with Gasteiger partial charge in [0.15, 0.2) is 0 Å². The molecule has 0 radical (unpaired) electrons. The maximum Gasteiger partial charge on any atom is 0.319 e. The van der Waals surface area contributed by atoms with Gasteiger partial charge in [0.1, 0.15) is 0 Å². The highest BCUT2D eigenvalue weighted by molar-refractivity contribution is 5.96. The zero-order chi connectivity index (χ0) is 16.1. The van der Waals surface area contributed by atoms with Gasteiger partial charge in [0.05, 0.1) is 5.69 Å². The molecule has 0 aliphatic carbocycles. The molecule has 0 saturated heterocycles. The van der Waals surface area contributed by atoms with Crippen molar-refractivity contribution in [3.63, 3.8) is 0 Å². The van der Waals surface area contributed by atoms with Crippen molar-refractivity contribution in [3.8, 4) is 0 Å². The Labute approximate surface area is 129 Å². The Hall–Kier alpha value is -2.63. The second-order valence-electron chi connectivity index (χ2n) is 5.10. The van der Waals surface area contributed by atoms with Crippen molar-refractivity contribution in [1.29, 1.82) is 0 Å². The van der Waals surface area contributed by atoms with Crippen LogP contribution in [-0.2, 0) is 0 Å². The van der Waals surface area contributed by atoms with Crippen LogP contribution in [0.1, 0.15) is 35.1 Å². The van der Waals surface area contributed by atoms with Crippen LogP contribution in [0.25, 0.3) is 0 Å². The van der Waals surface area contributed by atoms with E-state index < -0.39 is 0 Å². The van der Waals surface area contributed by atoms with Gasteiger partial charge in [0.2, 0.25) is 0 Å². The third-order valence-corrected chi connectivity index (χ3v) is 3.13. The summed E-state index contributed by atoms with van der Waals surface area (Å²) in [6.45, 7) is 6.30. The standard InChI is InChI=1S/C16H20N4O2/c1-4-9-17-16(22)18-14-7-5-13(6-8-14)15(21)20-12(3)10-11(2)19-20/h5-8,10H,4,9H2,1-3H3,(H2,17,18,22). The van der Waals surface area contributed by atoms with Crippen LogP contribution >= 0.6 is 0 Å². The molecule has 2 aromatic rings. The number of carbonyl (C=O) groups excluding carboxylic acids is 2. The summed E-state index contributed by atoms with van der Waals surface area (Å²) in [6.07, 6.45) is 0.878. The van der Waals surface area contributed by atoms with Crippen molar-refractivity contribution in [2.24, 2.45) is 0 Å². The Kier molecular flexibility index (Phi) is 4.93. The van der Waals surface area contributed by atoms with Crippen LogP contribution in [0.3, 0.4) is 0 Å². The molecule has 6 nitrogen and oxygen atoms in total. The summed E-state index contributed by atoms with van der Waals surface area (Å²) < 4.78 is 1.38. The van der Waals surface area contributed by atoms with E-state index in [9.17, 15) is 9.59 Å². The molecule has 1 aromatic carbocycles. The van der Waals surface area contributed by atoms with E-state index in [-0.39, 0.29) is 11.9 Å². The van der Waals surface area contributed by atoms with Crippen molar-refractivity contribution < 1.29 is 9.59 Å². The molecule has 0 spiro atoms. The molecule has 2 N–H and O–H groups in total. The van der Waals surface area contributed by atoms with Gasteiger partial charge in [0.25, 0.3) is 5.91 Å². The second-order valence-corrected chi connectivity index (χ2v) is 5.10. The number of nitrogens with one attached hydrogen (secondary N) is 2. The Balaban J connectivity index is 2.07. The molecule has 1 heterocycles. The summed E-state index contributed by atoms with van der Waals surface area (Å²) in [5.41, 5.74) is 2.75. The number of aromatic nitrogens is 2. The number of anilines is 1. The first-order valence-corrected chi connectivity index (χ1v) is 7.24. The quantitative estimate of drug-likeness (QED) is 0.911. The number of urea groups is 1. The van der Waals surface area contributed by atoms with Gasteiger partial charge in [-0.2, -0.15) is 5.10 Å². The molecule has 2 rings (SSSR count). The molecule has 0 atom stereocenters. The summed E-state index contributed by atoms with van der Waals surface area (Å²) in [7, 11) is 0. The van der Waals surface area contributed by atoms with Crippen molar-refractivity contribution >= 4 is 17.6 Å². The van der Waals surface area contributed by atoms with Crippen LogP contribution in [0.4, 0.5) is 10.5 Å². The van der Waals surface area contributed by atoms with Crippen LogP contribution < -0.4 is 10.6 Å². The molecule has 0 saturated carbocycles. The summed E-state index contributed by atoms with van der Waals surface area (Å²) in [5.74, 6) is -0.187. The van der Waals surface area contributed by atoms with Crippen molar-refractivity contribution in [3.05, 3.63) is 47.3 Å². The highest BCUT2D eigenvalue weighted by Gasteiger charge is 2.12. The molecule has 1 aromatic heterocycles. The van der Waals surface area contributed by atoms with Crippen LogP contribution in [0.5, 0.6) is 0 Å². The molecular weight excluding hydrogens is 280 g/mol. The average molecular weight is 300 g/mol. The molecule has 0 fully saturated rings. The first-order valence-electron chi connectivity index (χ1n) is 7.24. The van der Waals surface area contributed by atoms with Crippen LogP contribution in [0.15, 0.2) is 30.3 Å². The molecule has 22 heavy (non-hydrogen) atoms. The highest BCUT2D eigenvalue weighted by atomic mass is 16.2. The minimum Gasteiger partial charge on any atom is -0.338 e. The normalized spacial score (nSPS) is 10.3. The first-order chi connectivity index (χ1) is 10.5. The smallest absolute Gasteiger partial charge is 0.319 e. The fourth-order valence-corrected chi connectivity index (χ4v) is 2.07. The molecule has 0 aliphatic rings. The number of rotatable bonds is 4. The third-order valence-electron chi connectivity index (χ3n) is 3.13. The van der Waals surface area contributed by atoms with Crippen molar-refractivity contribution in [1.82, 2.24) is 15.1 Å². The number of hydrogen-bond donors (Lipinski definition) is 2. The maximum atomic E-state index is 12.4. The Morgan fingerprint density at radius 2 is 1.86 bits per heavy atom. The number of aryl methyl sites for hydroxylation is 2. The molecule has 6 heteroatoms. The predicted octanol–water partition coefficient (Wildman–Crippen LogP) is 2.72. The lowest BCUT2D eigenvalue weighted by atomic mass is 10.2. The fraction of sp³-hybridized carbons (Fsp3) is 0.312. The summed E-state index contributed by atoms with van der Waals surface area (Å²) >= 11 is 0. The lowest BCUT2D eigenvalue weighted by Crippen LogP contribution is -2.29. The summed E-state index contributed by atoms with van der Waals surface area (Å²) in [5, 5.41) is 9.62. The van der Waals surface area contributed by atoms with Crippen LogP contribution in [0, 0.1) is 13.8 Å². The lowest BCUT2D eigenvalue weighted by Gasteiger charge is -2.08. The van der Waals surface area contributed by atoms with Crippen molar-refractivity contribution in [2.75, 3.05) is 11.9 Å². The van der Waals surface area contributed by atoms with Gasteiger partial charge in [-0.25, -0.2) is 9.48 Å². The minimum atomic E-state index is -0.250. The summed E-state index contributed by atoms with van der Waals surface area (Å²) in [6, 6.07) is 8.35. The van der Waals surface area contributed by atoms with E-state index in [1.807, 2.05) is 26.8 Å². The molecule has 0 unspecified atom stereocenters. The van der Waals surface area contributed by atoms with Gasteiger partial charge >= 0.3 is 6.03 Å². The van der Waals surface area contributed by atoms with E-state index in [0.717, 1.165) is 17.8 Å². The molecule has 0 bridgehead atoms. The van der Waals surface area contributed by atoms with E-state index in [0.29, 0.717) is 17.8 Å². The van der Waals surface area contributed by atoms with Gasteiger partial charge in [-0.1, -0.05) is 6.92 Å². The average Bonchev–Trinajstić information content (AvgIpc) is 2.84. The van der Waals surface area contributed by atoms with Gasteiger partial charge in [0, 0.05) is 23.5 Å². The van der Waals surface area contributed by atoms with E-state index in [2.05, 4.69) is 15.7 Å². The van der Waals surface area contributed by atoms with Gasteiger partial charge in [-0.15, -0.1) is 0 Å². The van der Waals surface area contributed by atoms with Crippen LogP contribution in [0.2, 0.25) is 0 Å². The maximum absolute atomic E-state index is 12.4. The van der Waals surface area contributed by atoms with Gasteiger partial charge < -0.3 is 10.6 Å². The highest BCUT2D eigenvalue weighted by Crippen LogP contribution is 2.12. The van der Waals surface area contributed by atoms with Crippen LogP contribution in [-0.4, -0.2) is 28.3 Å². The van der Waals surface area contributed by atoms with E-state index in [1.165, 1.54) is 4.68 Å². The number of hydrogen-bond acceptors (Lipinski definition) is 3. The number of nitrogens with zero attached hydrogens (tertiary/aromatic N) is 2. The number of carbonyl (C=O) groups is 2. The fourth-order valence-electron chi connectivity index (χ4n) is 2.07. The largest absolute Gasteiger partial charge is 0.338 e. The topological polar surface area (TPSA) is 76.0 Å². The number of benzene rings is 1. The zero-order valence-corrected chi connectivity index (χ0v) is 13.0. The minimum absolute atomic E-state index is 0.187. The predicted molar refractivity (Wildman–Crippen MR) is 85.2 cm³/mol. The Morgan fingerprint density at radius 3 is 2.41 bits per heavy atom. The first kappa shape index (κ1) is 15.8. The van der Waals surface area contributed by atoms with Gasteiger partial charge in [-0.3, -0.25) is 4.79 Å². The van der Waals surface area contributed by atoms with Gasteiger partial charge in [-0.05, 0) is 50.6 Å². The SMILES string of the molecule is CCCNC(=O)Nc1ccc(C(=O)n2nc(C)cc2C)cc1. The van der Waals surface area contributed by atoms with E-state index >= 15 is 0 Å². The Morgan fingerprint density at radius 1 is 1.18 bits per heavy atom. The van der Waals surface area contributed by atoms with E-state index in [1.54, 1.807) is 24.3 Å².